The lowest BCUT2D eigenvalue weighted by Gasteiger charge is -2.29. The van der Waals surface area contributed by atoms with Crippen LogP contribution in [0.2, 0.25) is 0 Å². The molecule has 1 heterocycles. The maximum atomic E-state index is 8.23. The minimum Gasteiger partial charge on any atom is -0.362 e. The van der Waals surface area contributed by atoms with Gasteiger partial charge in [-0.2, -0.15) is 0 Å². The van der Waals surface area contributed by atoms with E-state index in [0.717, 1.165) is 12.4 Å². The molecule has 2 rings (SSSR count). The molecule has 1 aliphatic heterocycles. The van der Waals surface area contributed by atoms with Crippen LogP contribution in [0.1, 0.15) is 38.5 Å². The van der Waals surface area contributed by atoms with Crippen molar-refractivity contribution in [1.82, 2.24) is 9.80 Å². The maximum Gasteiger partial charge on any atom is 0.0987 e. The van der Waals surface area contributed by atoms with E-state index in [4.69, 9.17) is 5.41 Å². The zero-order valence-electron chi connectivity index (χ0n) is 10.7. The molecule has 0 bridgehead atoms. The third-order valence-corrected chi connectivity index (χ3v) is 4.31. The predicted octanol–water partition coefficient (Wildman–Crippen LogP) is 2.18. The first-order chi connectivity index (χ1) is 7.68. The Labute approximate surface area is 99.3 Å². The summed E-state index contributed by atoms with van der Waals surface area (Å²) in [7, 11) is 4.32. The second-order valence-corrected chi connectivity index (χ2v) is 5.52. The Morgan fingerprint density at radius 1 is 1.25 bits per heavy atom. The molecule has 2 aliphatic rings. The molecule has 3 heteroatoms. The third kappa shape index (κ3) is 2.57. The Bertz CT molecular complexity index is 246. The topological polar surface area (TPSA) is 30.3 Å². The molecule has 0 aromatic heterocycles. The Balaban J connectivity index is 1.82. The van der Waals surface area contributed by atoms with Crippen molar-refractivity contribution in [2.24, 2.45) is 5.92 Å². The van der Waals surface area contributed by atoms with Crippen LogP contribution >= 0.6 is 0 Å². The van der Waals surface area contributed by atoms with E-state index >= 15 is 0 Å². The van der Waals surface area contributed by atoms with Crippen molar-refractivity contribution in [3.63, 3.8) is 0 Å². The van der Waals surface area contributed by atoms with Gasteiger partial charge in [0.15, 0.2) is 0 Å². The summed E-state index contributed by atoms with van der Waals surface area (Å²) in [6.45, 7) is 2.28. The van der Waals surface area contributed by atoms with E-state index in [1.807, 2.05) is 0 Å². The summed E-state index contributed by atoms with van der Waals surface area (Å²) in [6.07, 6.45) is 7.76. The lowest BCUT2D eigenvalue weighted by Crippen LogP contribution is -2.41. The van der Waals surface area contributed by atoms with Crippen LogP contribution in [0.15, 0.2) is 0 Å². The lowest BCUT2D eigenvalue weighted by molar-refractivity contribution is 0.262. The van der Waals surface area contributed by atoms with Gasteiger partial charge in [0, 0.05) is 25.6 Å². The Hall–Kier alpha value is -0.570. The molecule has 1 saturated carbocycles. The monoisotopic (exact) mass is 223 g/mol. The smallest absolute Gasteiger partial charge is 0.0987 e. The van der Waals surface area contributed by atoms with Crippen molar-refractivity contribution < 1.29 is 0 Å². The second-order valence-electron chi connectivity index (χ2n) is 5.52. The number of rotatable bonds is 3. The summed E-state index contributed by atoms with van der Waals surface area (Å²) in [5.74, 6) is 1.44. The van der Waals surface area contributed by atoms with Crippen molar-refractivity contribution in [3.05, 3.63) is 0 Å². The van der Waals surface area contributed by atoms with Crippen LogP contribution in [-0.4, -0.2) is 48.9 Å². The van der Waals surface area contributed by atoms with Gasteiger partial charge >= 0.3 is 0 Å². The van der Waals surface area contributed by atoms with Crippen LogP contribution < -0.4 is 0 Å². The van der Waals surface area contributed by atoms with Crippen molar-refractivity contribution in [2.45, 2.75) is 44.6 Å². The standard InChI is InChI=1S/C13H25N3/c1-15-9-5-8-12(15)10-16(2)13(14)11-6-3-4-7-11/h11-12,14H,3-10H2,1-2H3. The fourth-order valence-electron chi connectivity index (χ4n) is 3.14. The fraction of sp³-hybridized carbons (Fsp3) is 0.923. The molecular weight excluding hydrogens is 198 g/mol. The van der Waals surface area contributed by atoms with E-state index in [0.29, 0.717) is 12.0 Å². The molecule has 0 aromatic carbocycles. The molecule has 1 atom stereocenters. The zero-order chi connectivity index (χ0) is 11.5. The van der Waals surface area contributed by atoms with E-state index in [1.165, 1.54) is 45.1 Å². The highest BCUT2D eigenvalue weighted by molar-refractivity contribution is 5.81. The number of hydrogen-bond donors (Lipinski definition) is 1. The van der Waals surface area contributed by atoms with Gasteiger partial charge in [-0.1, -0.05) is 12.8 Å². The van der Waals surface area contributed by atoms with E-state index < -0.39 is 0 Å². The molecule has 2 fully saturated rings. The number of likely N-dealkylation sites (tertiary alicyclic amines) is 1. The normalized spacial score (nSPS) is 27.5. The van der Waals surface area contributed by atoms with Gasteiger partial charge in [0.2, 0.25) is 0 Å². The van der Waals surface area contributed by atoms with Crippen molar-refractivity contribution in [1.29, 1.82) is 5.41 Å². The average Bonchev–Trinajstić information content (AvgIpc) is 2.89. The molecule has 1 aliphatic carbocycles. The van der Waals surface area contributed by atoms with Gasteiger partial charge in [0.05, 0.1) is 5.84 Å². The highest BCUT2D eigenvalue weighted by atomic mass is 15.2. The van der Waals surface area contributed by atoms with E-state index in [9.17, 15) is 0 Å². The predicted molar refractivity (Wildman–Crippen MR) is 68.0 cm³/mol. The largest absolute Gasteiger partial charge is 0.362 e. The third-order valence-electron chi connectivity index (χ3n) is 4.31. The molecule has 16 heavy (non-hydrogen) atoms. The van der Waals surface area contributed by atoms with Gasteiger partial charge in [-0.15, -0.1) is 0 Å². The summed E-state index contributed by atoms with van der Waals surface area (Å²) in [5, 5.41) is 8.23. The van der Waals surface area contributed by atoms with Gasteiger partial charge in [0.1, 0.15) is 0 Å². The fourth-order valence-corrected chi connectivity index (χ4v) is 3.14. The number of amidine groups is 1. The molecule has 0 radical (unpaired) electrons. The maximum absolute atomic E-state index is 8.23. The second kappa shape index (κ2) is 5.17. The minimum absolute atomic E-state index is 0.553. The molecule has 3 nitrogen and oxygen atoms in total. The molecular formula is C13H25N3. The van der Waals surface area contributed by atoms with Gasteiger partial charge in [-0.05, 0) is 39.3 Å². The van der Waals surface area contributed by atoms with Gasteiger partial charge in [-0.25, -0.2) is 0 Å². The molecule has 1 N–H and O–H groups in total. The first-order valence-electron chi connectivity index (χ1n) is 6.68. The average molecular weight is 223 g/mol. The van der Waals surface area contributed by atoms with Crippen LogP contribution in [-0.2, 0) is 0 Å². The van der Waals surface area contributed by atoms with E-state index in [-0.39, 0.29) is 0 Å². The molecule has 0 amide bonds. The molecule has 92 valence electrons. The molecule has 1 unspecified atom stereocenters. The molecule has 0 aromatic rings. The van der Waals surface area contributed by atoms with Gasteiger partial charge in [-0.3, -0.25) is 5.41 Å². The Morgan fingerprint density at radius 3 is 2.50 bits per heavy atom. The number of hydrogen-bond acceptors (Lipinski definition) is 2. The summed E-state index contributed by atoms with van der Waals surface area (Å²) in [6, 6.07) is 0.673. The van der Waals surface area contributed by atoms with Crippen LogP contribution in [0.4, 0.5) is 0 Å². The molecule has 1 saturated heterocycles. The highest BCUT2D eigenvalue weighted by Gasteiger charge is 2.26. The summed E-state index contributed by atoms with van der Waals surface area (Å²) in [5.41, 5.74) is 0. The summed E-state index contributed by atoms with van der Waals surface area (Å²) >= 11 is 0. The van der Waals surface area contributed by atoms with Crippen molar-refractivity contribution >= 4 is 5.84 Å². The minimum atomic E-state index is 0.553. The quantitative estimate of drug-likeness (QED) is 0.587. The first kappa shape index (κ1) is 11.9. The highest BCUT2D eigenvalue weighted by Crippen LogP contribution is 2.27. The van der Waals surface area contributed by atoms with Gasteiger partial charge < -0.3 is 9.80 Å². The van der Waals surface area contributed by atoms with Crippen LogP contribution in [0.25, 0.3) is 0 Å². The Kier molecular flexibility index (Phi) is 3.85. The number of nitrogens with one attached hydrogen (secondary N) is 1. The first-order valence-corrected chi connectivity index (χ1v) is 6.68. The van der Waals surface area contributed by atoms with E-state index in [2.05, 4.69) is 23.9 Å². The van der Waals surface area contributed by atoms with Crippen LogP contribution in [0, 0.1) is 11.3 Å². The lowest BCUT2D eigenvalue weighted by atomic mass is 10.1. The van der Waals surface area contributed by atoms with E-state index in [1.54, 1.807) is 0 Å². The van der Waals surface area contributed by atoms with Crippen LogP contribution in [0.5, 0.6) is 0 Å². The summed E-state index contributed by atoms with van der Waals surface area (Å²) < 4.78 is 0. The number of nitrogens with zero attached hydrogens (tertiary/aromatic N) is 2. The summed E-state index contributed by atoms with van der Waals surface area (Å²) in [4.78, 5) is 4.64. The van der Waals surface area contributed by atoms with Crippen molar-refractivity contribution in [3.8, 4) is 0 Å². The van der Waals surface area contributed by atoms with Gasteiger partial charge in [0.25, 0.3) is 0 Å². The number of likely N-dealkylation sites (N-methyl/N-ethyl adjacent to an activating group) is 2. The van der Waals surface area contributed by atoms with Crippen molar-refractivity contribution in [2.75, 3.05) is 27.2 Å². The Morgan fingerprint density at radius 2 is 1.94 bits per heavy atom. The molecule has 0 spiro atoms. The zero-order valence-corrected chi connectivity index (χ0v) is 10.7. The van der Waals surface area contributed by atoms with Crippen LogP contribution in [0.3, 0.4) is 0 Å². The SMILES string of the molecule is CN(CC1CCCN1C)C(=N)C1CCCC1.